The summed E-state index contributed by atoms with van der Waals surface area (Å²) < 4.78 is 53.3. The molecule has 6 rings (SSSR count). The summed E-state index contributed by atoms with van der Waals surface area (Å²) in [4.78, 5) is 35.6. The van der Waals surface area contributed by atoms with E-state index in [-0.39, 0.29) is 29.8 Å². The van der Waals surface area contributed by atoms with Crippen LogP contribution in [-0.4, -0.2) is 57.2 Å². The number of thiol groups is 1. The van der Waals surface area contributed by atoms with Crippen LogP contribution in [0.2, 0.25) is 0 Å². The average Bonchev–Trinajstić information content (AvgIpc) is 3.41. The van der Waals surface area contributed by atoms with Crippen molar-refractivity contribution in [1.82, 2.24) is 9.88 Å². The number of nitrogens with zero attached hydrogens (tertiary/aromatic N) is 5. The molecule has 9 nitrogen and oxygen atoms in total. The number of fused-ring (bicyclic) bond motifs is 2. The number of anilines is 2. The molecule has 1 saturated carbocycles. The summed E-state index contributed by atoms with van der Waals surface area (Å²) in [6, 6.07) is 8.46. The molecule has 48 heavy (non-hydrogen) atoms. The molecule has 3 aliphatic heterocycles. The zero-order chi connectivity index (χ0) is 34.6. The first-order valence-electron chi connectivity index (χ1n) is 16.7. The molecule has 1 aliphatic carbocycles. The van der Waals surface area contributed by atoms with Crippen molar-refractivity contribution >= 4 is 36.0 Å². The largest absolute Gasteiger partial charge is 0.493 e. The fraction of sp³-hybridized carbons (Fsp3) is 0.600. The Bertz CT molecular complexity index is 1600. The lowest BCUT2D eigenvalue weighted by molar-refractivity contribution is -0.138. The summed E-state index contributed by atoms with van der Waals surface area (Å²) in [5.74, 6) is 0.867. The van der Waals surface area contributed by atoms with Crippen molar-refractivity contribution in [2.45, 2.75) is 120 Å². The summed E-state index contributed by atoms with van der Waals surface area (Å²) in [5, 5.41) is 9.19. The number of piperidine rings is 1. The van der Waals surface area contributed by atoms with Crippen LogP contribution in [0.4, 0.5) is 29.3 Å². The third-order valence-corrected chi connectivity index (χ3v) is 10.7. The van der Waals surface area contributed by atoms with Crippen molar-refractivity contribution in [3.63, 3.8) is 0 Å². The summed E-state index contributed by atoms with van der Waals surface area (Å²) >= 11 is 4.78. The van der Waals surface area contributed by atoms with Gasteiger partial charge in [0.1, 0.15) is 23.0 Å². The number of carbonyl (C=O) groups excluding carboxylic acids is 2. The Morgan fingerprint density at radius 2 is 1.81 bits per heavy atom. The Balaban J connectivity index is 1.15. The van der Waals surface area contributed by atoms with E-state index in [1.54, 1.807) is 0 Å². The van der Waals surface area contributed by atoms with Gasteiger partial charge in [-0.15, -0.1) is 12.6 Å². The van der Waals surface area contributed by atoms with Crippen LogP contribution in [0.1, 0.15) is 95.9 Å². The van der Waals surface area contributed by atoms with Crippen molar-refractivity contribution in [1.29, 1.82) is 5.26 Å². The summed E-state index contributed by atoms with van der Waals surface area (Å²) in [6.07, 6.45) is 3.41. The first-order valence-corrected chi connectivity index (χ1v) is 17.2. The van der Waals surface area contributed by atoms with E-state index in [0.717, 1.165) is 67.8 Å². The van der Waals surface area contributed by atoms with Crippen LogP contribution in [0, 0.1) is 17.2 Å². The molecule has 3 unspecified atom stereocenters. The lowest BCUT2D eigenvalue weighted by Crippen LogP contribution is -2.55. The maximum Gasteiger partial charge on any atom is 0.419 e. The van der Waals surface area contributed by atoms with Crippen LogP contribution in [0.25, 0.3) is 0 Å². The van der Waals surface area contributed by atoms with Crippen LogP contribution in [0.5, 0.6) is 5.75 Å². The van der Waals surface area contributed by atoms with Crippen LogP contribution < -0.4 is 14.5 Å². The second-order valence-corrected chi connectivity index (χ2v) is 14.8. The first kappa shape index (κ1) is 34.2. The van der Waals surface area contributed by atoms with Gasteiger partial charge in [0.15, 0.2) is 11.2 Å². The van der Waals surface area contributed by atoms with E-state index in [0.29, 0.717) is 31.8 Å². The van der Waals surface area contributed by atoms with Gasteiger partial charge in [0.05, 0.1) is 24.1 Å². The van der Waals surface area contributed by atoms with Crippen LogP contribution >= 0.6 is 12.6 Å². The van der Waals surface area contributed by atoms with Crippen LogP contribution in [0.15, 0.2) is 30.5 Å². The topological polar surface area (TPSA) is 99.0 Å². The Morgan fingerprint density at radius 3 is 2.38 bits per heavy atom. The number of nitriles is 1. The fourth-order valence-electron chi connectivity index (χ4n) is 7.86. The van der Waals surface area contributed by atoms with Gasteiger partial charge in [-0.3, -0.25) is 9.69 Å². The average molecular weight is 686 g/mol. The maximum atomic E-state index is 13.9. The summed E-state index contributed by atoms with van der Waals surface area (Å²) in [5.41, 5.74) is -2.63. The fourth-order valence-corrected chi connectivity index (χ4v) is 8.46. The van der Waals surface area contributed by atoms with Gasteiger partial charge in [-0.25, -0.2) is 9.78 Å². The highest BCUT2D eigenvalue weighted by molar-refractivity contribution is 7.81. The van der Waals surface area contributed by atoms with E-state index < -0.39 is 34.1 Å². The van der Waals surface area contributed by atoms with E-state index in [1.807, 2.05) is 55.7 Å². The SMILES string of the molecule is CCc1cc(N2C(S)N(c3cnc(C#N)c(C(F)(F)F)c3)C(=O)C23CCC3)ccc1OCCC1CC2CCC(C1)N2C(=O)OC(C)(C)C. The normalized spacial score (nSPS) is 24.9. The van der Waals surface area contributed by atoms with Gasteiger partial charge in [-0.05, 0) is 114 Å². The number of pyridine rings is 1. The van der Waals surface area contributed by atoms with Gasteiger partial charge in [0.2, 0.25) is 0 Å². The highest BCUT2D eigenvalue weighted by atomic mass is 32.1. The third kappa shape index (κ3) is 6.16. The van der Waals surface area contributed by atoms with Crippen molar-refractivity contribution in [3.8, 4) is 11.8 Å². The first-order chi connectivity index (χ1) is 22.7. The molecule has 4 aliphatic rings. The molecular weight excluding hydrogens is 643 g/mol. The second-order valence-electron chi connectivity index (χ2n) is 14.4. The van der Waals surface area contributed by atoms with Gasteiger partial charge >= 0.3 is 12.3 Å². The molecule has 1 aromatic carbocycles. The van der Waals surface area contributed by atoms with E-state index in [1.165, 1.54) is 11.0 Å². The molecule has 0 radical (unpaired) electrons. The number of hydrogen-bond donors (Lipinski definition) is 1. The van der Waals surface area contributed by atoms with Crippen molar-refractivity contribution < 1.29 is 32.2 Å². The number of aromatic nitrogens is 1. The number of ether oxygens (including phenoxy) is 2. The number of aryl methyl sites for hydroxylation is 1. The minimum absolute atomic E-state index is 0.0545. The van der Waals surface area contributed by atoms with Gasteiger partial charge < -0.3 is 19.3 Å². The lowest BCUT2D eigenvalue weighted by Gasteiger charge is -2.44. The number of carbonyl (C=O) groups is 2. The zero-order valence-corrected chi connectivity index (χ0v) is 28.6. The Morgan fingerprint density at radius 1 is 1.12 bits per heavy atom. The highest BCUT2D eigenvalue weighted by Gasteiger charge is 2.60. The molecule has 2 bridgehead atoms. The minimum Gasteiger partial charge on any atom is -0.493 e. The molecule has 13 heteroatoms. The maximum absolute atomic E-state index is 13.9. The Labute approximate surface area is 284 Å². The van der Waals surface area contributed by atoms with Gasteiger partial charge in [-0.1, -0.05) is 6.92 Å². The molecule has 3 saturated heterocycles. The van der Waals surface area contributed by atoms with E-state index in [4.69, 9.17) is 22.1 Å². The third-order valence-electron chi connectivity index (χ3n) is 10.2. The highest BCUT2D eigenvalue weighted by Crippen LogP contribution is 2.51. The Hall–Kier alpha value is -3.66. The smallest absolute Gasteiger partial charge is 0.419 e. The molecule has 4 heterocycles. The van der Waals surface area contributed by atoms with Gasteiger partial charge in [-0.2, -0.15) is 18.4 Å². The molecule has 2 amide bonds. The summed E-state index contributed by atoms with van der Waals surface area (Å²) in [6.45, 7) is 8.23. The number of halogens is 3. The molecule has 4 fully saturated rings. The van der Waals surface area contributed by atoms with Crippen molar-refractivity contribution in [2.24, 2.45) is 5.92 Å². The van der Waals surface area contributed by atoms with Gasteiger partial charge in [0.25, 0.3) is 5.91 Å². The molecule has 3 atom stereocenters. The number of hydrogen-bond acceptors (Lipinski definition) is 8. The molecule has 0 N–H and O–H groups in total. The van der Waals surface area contributed by atoms with E-state index in [2.05, 4.69) is 4.98 Å². The lowest BCUT2D eigenvalue weighted by atomic mass is 9.75. The number of alkyl halides is 3. The monoisotopic (exact) mass is 685 g/mol. The number of amides is 2. The minimum atomic E-state index is -4.81. The van der Waals surface area contributed by atoms with Crippen LogP contribution in [0.3, 0.4) is 0 Å². The van der Waals surface area contributed by atoms with Crippen LogP contribution in [-0.2, 0) is 22.1 Å². The molecular formula is C35H42F3N5O4S. The predicted octanol–water partition coefficient (Wildman–Crippen LogP) is 7.47. The van der Waals surface area contributed by atoms with Crippen molar-refractivity contribution in [3.05, 3.63) is 47.3 Å². The van der Waals surface area contributed by atoms with E-state index in [9.17, 15) is 28.0 Å². The molecule has 2 aromatic rings. The van der Waals surface area contributed by atoms with Crippen molar-refractivity contribution in [2.75, 3.05) is 16.4 Å². The number of rotatable bonds is 7. The summed E-state index contributed by atoms with van der Waals surface area (Å²) in [7, 11) is 0. The second kappa shape index (κ2) is 12.7. The standard InChI is InChI=1S/C35H42F3N5O4S/c1-5-22-17-25(9-10-29(22)46-14-11-21-15-23-7-8-24(16-21)41(23)32(45)47-33(2,3)4)43-31(48)42(30(44)34(43)12-6-13-34)26-18-27(35(36,37)38)28(19-39)40-20-26/h9-10,17-18,20-21,23-24,31,48H,5-8,11-16H2,1-4H3. The quantitative estimate of drug-likeness (QED) is 0.302. The zero-order valence-electron chi connectivity index (χ0n) is 27.7. The van der Waals surface area contributed by atoms with Gasteiger partial charge in [0, 0.05) is 17.8 Å². The molecule has 258 valence electrons. The number of benzene rings is 1. The van der Waals surface area contributed by atoms with E-state index >= 15 is 0 Å². The Kier molecular flexibility index (Phi) is 9.02. The predicted molar refractivity (Wildman–Crippen MR) is 177 cm³/mol. The molecule has 1 aromatic heterocycles. The molecule has 1 spiro atoms.